The Morgan fingerprint density at radius 3 is 2.74 bits per heavy atom. The van der Waals surface area contributed by atoms with Gasteiger partial charge in [-0.1, -0.05) is 11.8 Å². The predicted octanol–water partition coefficient (Wildman–Crippen LogP) is 1.32. The number of carbonyl (C=O) groups excluding carboxylic acids is 1. The summed E-state index contributed by atoms with van der Waals surface area (Å²) in [5.74, 6) is 5.59. The van der Waals surface area contributed by atoms with Crippen LogP contribution in [-0.2, 0) is 0 Å². The van der Waals surface area contributed by atoms with Crippen molar-refractivity contribution in [2.45, 2.75) is 25.8 Å². The standard InChI is InChI=1S/C14H19NO3S/c1-14(2,10-17)15(3)13(18)11-8-12(19-9-11)6-4-5-7-16/h8-9,16-17H,5,7,10H2,1-3H3. The molecule has 0 bridgehead atoms. The zero-order chi connectivity index (χ0) is 14.5. The number of hydrogen-bond acceptors (Lipinski definition) is 4. The van der Waals surface area contributed by atoms with Crippen molar-refractivity contribution in [3.8, 4) is 11.8 Å². The zero-order valence-electron chi connectivity index (χ0n) is 11.4. The Balaban J connectivity index is 2.82. The molecule has 0 unspecified atom stereocenters. The monoisotopic (exact) mass is 281 g/mol. The molecule has 1 amide bonds. The third-order valence-electron chi connectivity index (χ3n) is 2.89. The van der Waals surface area contributed by atoms with Crippen LogP contribution in [0.15, 0.2) is 11.4 Å². The molecule has 4 nitrogen and oxygen atoms in total. The lowest BCUT2D eigenvalue weighted by Crippen LogP contribution is -2.47. The first-order valence-corrected chi connectivity index (χ1v) is 6.87. The van der Waals surface area contributed by atoms with E-state index in [0.29, 0.717) is 12.0 Å². The van der Waals surface area contributed by atoms with Crippen LogP contribution in [0.4, 0.5) is 0 Å². The Bertz CT molecular complexity index is 496. The first kappa shape index (κ1) is 15.7. The number of hydrogen-bond donors (Lipinski definition) is 2. The van der Waals surface area contributed by atoms with Crippen LogP contribution in [0, 0.1) is 11.8 Å². The van der Waals surface area contributed by atoms with E-state index in [9.17, 15) is 9.90 Å². The number of thiophene rings is 1. The van der Waals surface area contributed by atoms with Gasteiger partial charge >= 0.3 is 0 Å². The molecule has 0 radical (unpaired) electrons. The van der Waals surface area contributed by atoms with Crippen molar-refractivity contribution < 1.29 is 15.0 Å². The van der Waals surface area contributed by atoms with Gasteiger partial charge in [0.1, 0.15) is 0 Å². The normalized spacial score (nSPS) is 10.8. The van der Waals surface area contributed by atoms with Crippen molar-refractivity contribution in [2.75, 3.05) is 20.3 Å². The first-order valence-electron chi connectivity index (χ1n) is 5.99. The van der Waals surface area contributed by atoms with Crippen LogP contribution in [-0.4, -0.2) is 46.8 Å². The molecule has 0 atom stereocenters. The molecule has 104 valence electrons. The van der Waals surface area contributed by atoms with E-state index < -0.39 is 5.54 Å². The maximum atomic E-state index is 12.2. The van der Waals surface area contributed by atoms with Gasteiger partial charge < -0.3 is 15.1 Å². The number of aliphatic hydroxyl groups is 2. The lowest BCUT2D eigenvalue weighted by atomic mass is 10.0. The number of carbonyl (C=O) groups is 1. The second-order valence-corrected chi connectivity index (χ2v) is 5.72. The maximum absolute atomic E-state index is 12.2. The van der Waals surface area contributed by atoms with Crippen molar-refractivity contribution in [3.63, 3.8) is 0 Å². The molecule has 0 spiro atoms. The average molecular weight is 281 g/mol. The van der Waals surface area contributed by atoms with E-state index in [1.165, 1.54) is 16.2 Å². The second kappa shape index (κ2) is 6.71. The smallest absolute Gasteiger partial charge is 0.255 e. The number of likely N-dealkylation sites (N-methyl/N-ethyl adjacent to an activating group) is 1. The lowest BCUT2D eigenvalue weighted by Gasteiger charge is -2.33. The molecule has 1 rings (SSSR count). The molecule has 1 aromatic heterocycles. The summed E-state index contributed by atoms with van der Waals surface area (Å²) >= 11 is 1.40. The minimum Gasteiger partial charge on any atom is -0.395 e. The Kier molecular flexibility index (Phi) is 5.55. The molecule has 0 saturated heterocycles. The largest absolute Gasteiger partial charge is 0.395 e. The van der Waals surface area contributed by atoms with Crippen LogP contribution in [0.1, 0.15) is 35.5 Å². The van der Waals surface area contributed by atoms with Crippen molar-refractivity contribution in [3.05, 3.63) is 21.9 Å². The molecule has 0 aromatic carbocycles. The van der Waals surface area contributed by atoms with Crippen LogP contribution in [0.3, 0.4) is 0 Å². The van der Waals surface area contributed by atoms with Gasteiger partial charge in [0.15, 0.2) is 0 Å². The highest BCUT2D eigenvalue weighted by Gasteiger charge is 2.27. The van der Waals surface area contributed by atoms with Crippen molar-refractivity contribution >= 4 is 17.2 Å². The van der Waals surface area contributed by atoms with Crippen LogP contribution < -0.4 is 0 Å². The van der Waals surface area contributed by atoms with E-state index in [1.807, 2.05) is 0 Å². The zero-order valence-corrected chi connectivity index (χ0v) is 12.3. The minimum absolute atomic E-state index is 0.0393. The minimum atomic E-state index is -0.595. The van der Waals surface area contributed by atoms with Gasteiger partial charge in [0.05, 0.1) is 29.2 Å². The number of nitrogens with zero attached hydrogens (tertiary/aromatic N) is 1. The number of aliphatic hydroxyl groups excluding tert-OH is 2. The molecular weight excluding hydrogens is 262 g/mol. The van der Waals surface area contributed by atoms with Crippen molar-refractivity contribution in [1.82, 2.24) is 4.90 Å². The third kappa shape index (κ3) is 4.06. The number of rotatable bonds is 4. The fourth-order valence-electron chi connectivity index (χ4n) is 1.29. The summed E-state index contributed by atoms with van der Waals surface area (Å²) in [6.45, 7) is 3.55. The van der Waals surface area contributed by atoms with E-state index in [0.717, 1.165) is 4.88 Å². The first-order chi connectivity index (χ1) is 8.92. The van der Waals surface area contributed by atoms with E-state index >= 15 is 0 Å². The maximum Gasteiger partial charge on any atom is 0.255 e. The van der Waals surface area contributed by atoms with Gasteiger partial charge in [0, 0.05) is 18.8 Å². The molecule has 1 heterocycles. The lowest BCUT2D eigenvalue weighted by molar-refractivity contribution is 0.0473. The summed E-state index contributed by atoms with van der Waals surface area (Å²) in [7, 11) is 1.67. The van der Waals surface area contributed by atoms with Gasteiger partial charge in [-0.15, -0.1) is 11.3 Å². The topological polar surface area (TPSA) is 60.8 Å². The highest BCUT2D eigenvalue weighted by molar-refractivity contribution is 7.10. The molecule has 1 aromatic rings. The second-order valence-electron chi connectivity index (χ2n) is 4.81. The summed E-state index contributed by atoms with van der Waals surface area (Å²) < 4.78 is 0. The van der Waals surface area contributed by atoms with Crippen LogP contribution in [0.25, 0.3) is 0 Å². The highest BCUT2D eigenvalue weighted by Crippen LogP contribution is 2.19. The molecule has 0 saturated carbocycles. The quantitative estimate of drug-likeness (QED) is 0.818. The molecular formula is C14H19NO3S. The number of amides is 1. The molecule has 0 aliphatic rings. The Labute approximate surface area is 117 Å². The van der Waals surface area contributed by atoms with Crippen LogP contribution in [0.2, 0.25) is 0 Å². The molecule has 0 aliphatic heterocycles. The molecule has 5 heteroatoms. The average Bonchev–Trinajstić information content (AvgIpc) is 2.86. The van der Waals surface area contributed by atoms with E-state index in [4.69, 9.17) is 5.11 Å². The van der Waals surface area contributed by atoms with Crippen LogP contribution in [0.5, 0.6) is 0 Å². The van der Waals surface area contributed by atoms with Gasteiger partial charge in [0.25, 0.3) is 5.91 Å². The predicted molar refractivity (Wildman–Crippen MR) is 76.2 cm³/mol. The van der Waals surface area contributed by atoms with Gasteiger partial charge in [-0.05, 0) is 19.9 Å². The van der Waals surface area contributed by atoms with Gasteiger partial charge in [0.2, 0.25) is 0 Å². The molecule has 0 aliphatic carbocycles. The van der Waals surface area contributed by atoms with E-state index in [-0.39, 0.29) is 19.1 Å². The van der Waals surface area contributed by atoms with E-state index in [2.05, 4.69) is 11.8 Å². The summed E-state index contributed by atoms with van der Waals surface area (Å²) in [5, 5.41) is 19.7. The van der Waals surface area contributed by atoms with E-state index in [1.54, 1.807) is 32.3 Å². The Hall–Kier alpha value is -1.35. The third-order valence-corrected chi connectivity index (χ3v) is 3.74. The highest BCUT2D eigenvalue weighted by atomic mass is 32.1. The fraction of sp³-hybridized carbons (Fsp3) is 0.500. The summed E-state index contributed by atoms with van der Waals surface area (Å²) in [5.41, 5.74) is -0.0239. The van der Waals surface area contributed by atoms with Gasteiger partial charge in [-0.25, -0.2) is 0 Å². The Morgan fingerprint density at radius 1 is 1.47 bits per heavy atom. The van der Waals surface area contributed by atoms with Gasteiger partial charge in [-0.2, -0.15) is 0 Å². The Morgan fingerprint density at radius 2 is 2.16 bits per heavy atom. The van der Waals surface area contributed by atoms with Crippen molar-refractivity contribution in [2.24, 2.45) is 0 Å². The molecule has 0 fully saturated rings. The van der Waals surface area contributed by atoms with Crippen molar-refractivity contribution in [1.29, 1.82) is 0 Å². The summed E-state index contributed by atoms with van der Waals surface area (Å²) in [4.78, 5) is 14.6. The fourth-order valence-corrected chi connectivity index (χ4v) is 2.04. The SMILES string of the molecule is CN(C(=O)c1csc(C#CCCO)c1)C(C)(C)CO. The molecule has 19 heavy (non-hydrogen) atoms. The van der Waals surface area contributed by atoms with Gasteiger partial charge in [-0.3, -0.25) is 4.79 Å². The summed E-state index contributed by atoms with van der Waals surface area (Å²) in [6, 6.07) is 1.74. The molecule has 2 N–H and O–H groups in total. The summed E-state index contributed by atoms with van der Waals surface area (Å²) in [6.07, 6.45) is 0.429. The van der Waals surface area contributed by atoms with Crippen LogP contribution >= 0.6 is 11.3 Å².